The van der Waals surface area contributed by atoms with Crippen LogP contribution in [0.15, 0.2) is 34.9 Å². The Morgan fingerprint density at radius 2 is 2.05 bits per heavy atom. The minimum atomic E-state index is -0.691. The summed E-state index contributed by atoms with van der Waals surface area (Å²) in [6.07, 6.45) is 5.29. The number of aliphatic hydroxyl groups is 1. The third kappa shape index (κ3) is 4.39. The quantitative estimate of drug-likeness (QED) is 0.639. The van der Waals surface area contributed by atoms with Crippen LogP contribution in [0.2, 0.25) is 0 Å². The third-order valence-electron chi connectivity index (χ3n) is 3.73. The van der Waals surface area contributed by atoms with E-state index in [1.165, 1.54) is 6.92 Å². The summed E-state index contributed by atoms with van der Waals surface area (Å²) in [6.45, 7) is 9.03. The number of ether oxygens (including phenoxy) is 1. The van der Waals surface area contributed by atoms with Crippen molar-refractivity contribution in [1.82, 2.24) is 0 Å². The lowest BCUT2D eigenvalue weighted by Gasteiger charge is -2.36. The molecule has 0 saturated carbocycles. The van der Waals surface area contributed by atoms with Crippen LogP contribution in [0.25, 0.3) is 0 Å². The van der Waals surface area contributed by atoms with E-state index in [1.54, 1.807) is 13.0 Å². The number of ketones is 1. The summed E-state index contributed by atoms with van der Waals surface area (Å²) in [4.78, 5) is 23.4. The summed E-state index contributed by atoms with van der Waals surface area (Å²) in [6, 6.07) is 0. The highest BCUT2D eigenvalue weighted by Gasteiger charge is 2.39. The normalized spacial score (nSPS) is 22.9. The van der Waals surface area contributed by atoms with Crippen LogP contribution >= 0.6 is 0 Å². The second-order valence-electron chi connectivity index (χ2n) is 6.05. The van der Waals surface area contributed by atoms with Crippen molar-refractivity contribution in [1.29, 1.82) is 0 Å². The second-order valence-corrected chi connectivity index (χ2v) is 6.05. The molecule has 4 nitrogen and oxygen atoms in total. The Balaban J connectivity index is 3.12. The van der Waals surface area contributed by atoms with Gasteiger partial charge in [0.25, 0.3) is 0 Å². The maximum absolute atomic E-state index is 12.3. The number of hydrogen-bond acceptors (Lipinski definition) is 4. The van der Waals surface area contributed by atoms with Gasteiger partial charge in [0.1, 0.15) is 0 Å². The molecule has 0 radical (unpaired) electrons. The SMILES string of the molecule is CC(=O)OC1CC(C)(C)C(C=CC(C)=CCO)=C(C)C1=O. The Labute approximate surface area is 126 Å². The van der Waals surface area contributed by atoms with E-state index in [4.69, 9.17) is 9.84 Å². The number of aliphatic hydroxyl groups excluding tert-OH is 1. The number of carbonyl (C=O) groups is 2. The summed E-state index contributed by atoms with van der Waals surface area (Å²) in [5.41, 5.74) is 2.25. The number of esters is 1. The van der Waals surface area contributed by atoms with E-state index < -0.39 is 12.1 Å². The first-order valence-corrected chi connectivity index (χ1v) is 7.07. The zero-order chi connectivity index (χ0) is 16.2. The zero-order valence-electron chi connectivity index (χ0n) is 13.4. The molecule has 1 rings (SSSR count). The van der Waals surface area contributed by atoms with Gasteiger partial charge in [-0.05, 0) is 30.4 Å². The number of Topliss-reactive ketones (excluding diaryl/α,β-unsaturated/α-hetero) is 1. The van der Waals surface area contributed by atoms with Gasteiger partial charge in [-0.15, -0.1) is 0 Å². The minimum Gasteiger partial charge on any atom is -0.454 e. The molecule has 4 heteroatoms. The molecule has 0 saturated heterocycles. The monoisotopic (exact) mass is 292 g/mol. The molecule has 0 aromatic carbocycles. The van der Waals surface area contributed by atoms with E-state index in [0.717, 1.165) is 11.1 Å². The maximum Gasteiger partial charge on any atom is 0.303 e. The zero-order valence-corrected chi connectivity index (χ0v) is 13.4. The smallest absolute Gasteiger partial charge is 0.303 e. The summed E-state index contributed by atoms with van der Waals surface area (Å²) < 4.78 is 5.13. The van der Waals surface area contributed by atoms with Crippen LogP contribution in [0, 0.1) is 5.41 Å². The molecule has 0 bridgehead atoms. The fourth-order valence-electron chi connectivity index (χ4n) is 2.62. The first-order chi connectivity index (χ1) is 9.69. The number of hydrogen-bond donors (Lipinski definition) is 1. The van der Waals surface area contributed by atoms with Crippen LogP contribution in [0.4, 0.5) is 0 Å². The maximum atomic E-state index is 12.3. The Morgan fingerprint density at radius 1 is 1.43 bits per heavy atom. The molecule has 0 amide bonds. The molecule has 0 fully saturated rings. The van der Waals surface area contributed by atoms with E-state index in [0.29, 0.717) is 12.0 Å². The lowest BCUT2D eigenvalue weighted by atomic mass is 9.71. The Kier molecular flexibility index (Phi) is 5.67. The number of carbonyl (C=O) groups excluding carboxylic acids is 2. The van der Waals surface area contributed by atoms with Crippen molar-refractivity contribution in [2.45, 2.75) is 47.1 Å². The van der Waals surface area contributed by atoms with Gasteiger partial charge in [-0.2, -0.15) is 0 Å². The van der Waals surface area contributed by atoms with E-state index >= 15 is 0 Å². The molecule has 0 aliphatic heterocycles. The average Bonchev–Trinajstić information content (AvgIpc) is 2.34. The first kappa shape index (κ1) is 17.4. The van der Waals surface area contributed by atoms with Crippen molar-refractivity contribution in [3.8, 4) is 0 Å². The van der Waals surface area contributed by atoms with Crippen LogP contribution in [-0.2, 0) is 14.3 Å². The van der Waals surface area contributed by atoms with Crippen LogP contribution in [0.3, 0.4) is 0 Å². The van der Waals surface area contributed by atoms with Gasteiger partial charge in [0.05, 0.1) is 6.61 Å². The minimum absolute atomic E-state index is 0.00888. The van der Waals surface area contributed by atoms with E-state index in [2.05, 4.69) is 0 Å². The van der Waals surface area contributed by atoms with E-state index in [1.807, 2.05) is 32.9 Å². The van der Waals surface area contributed by atoms with Gasteiger partial charge in [0, 0.05) is 13.3 Å². The third-order valence-corrected chi connectivity index (χ3v) is 3.73. The van der Waals surface area contributed by atoms with Crippen LogP contribution in [0.1, 0.15) is 41.0 Å². The molecule has 116 valence electrons. The molecule has 1 atom stereocenters. The fourth-order valence-corrected chi connectivity index (χ4v) is 2.62. The highest BCUT2D eigenvalue weighted by molar-refractivity contribution is 6.01. The predicted octanol–water partition coefficient (Wildman–Crippen LogP) is 2.73. The molecule has 1 N–H and O–H groups in total. The fraction of sp³-hybridized carbons (Fsp3) is 0.529. The molecule has 1 aliphatic carbocycles. The summed E-state index contributed by atoms with van der Waals surface area (Å²) in [7, 11) is 0. The first-order valence-electron chi connectivity index (χ1n) is 7.07. The van der Waals surface area contributed by atoms with Crippen molar-refractivity contribution in [3.63, 3.8) is 0 Å². The number of allylic oxidation sites excluding steroid dienone is 4. The van der Waals surface area contributed by atoms with Crippen LogP contribution < -0.4 is 0 Å². The van der Waals surface area contributed by atoms with Gasteiger partial charge in [-0.3, -0.25) is 9.59 Å². The average molecular weight is 292 g/mol. The van der Waals surface area contributed by atoms with Crippen molar-refractivity contribution in [3.05, 3.63) is 34.9 Å². The molecular weight excluding hydrogens is 268 g/mol. The lowest BCUT2D eigenvalue weighted by Crippen LogP contribution is -2.38. The molecule has 0 heterocycles. The Bertz CT molecular complexity index is 521. The Morgan fingerprint density at radius 3 is 2.57 bits per heavy atom. The van der Waals surface area contributed by atoms with Gasteiger partial charge in [0.15, 0.2) is 11.9 Å². The highest BCUT2D eigenvalue weighted by atomic mass is 16.5. The molecule has 21 heavy (non-hydrogen) atoms. The van der Waals surface area contributed by atoms with Gasteiger partial charge < -0.3 is 9.84 Å². The van der Waals surface area contributed by atoms with Gasteiger partial charge in [0.2, 0.25) is 0 Å². The van der Waals surface area contributed by atoms with Crippen molar-refractivity contribution < 1.29 is 19.4 Å². The molecule has 1 aliphatic rings. The van der Waals surface area contributed by atoms with Gasteiger partial charge >= 0.3 is 5.97 Å². The highest BCUT2D eigenvalue weighted by Crippen LogP contribution is 2.40. The largest absolute Gasteiger partial charge is 0.454 e. The van der Waals surface area contributed by atoms with Gasteiger partial charge in [-0.1, -0.05) is 37.6 Å². The van der Waals surface area contributed by atoms with E-state index in [-0.39, 0.29) is 17.8 Å². The second kappa shape index (κ2) is 6.85. The standard InChI is InChI=1S/C17H24O4/c1-11(8-9-18)6-7-14-12(2)16(20)15(21-13(3)19)10-17(14,4)5/h6-8,15,18H,9-10H2,1-5H3. The molecule has 0 aromatic heterocycles. The van der Waals surface area contributed by atoms with Crippen molar-refractivity contribution in [2.75, 3.05) is 6.61 Å². The lowest BCUT2D eigenvalue weighted by molar-refractivity contribution is -0.153. The Hall–Kier alpha value is -1.68. The summed E-state index contributed by atoms with van der Waals surface area (Å²) in [5, 5.41) is 8.86. The van der Waals surface area contributed by atoms with Crippen molar-refractivity contribution in [2.24, 2.45) is 5.41 Å². The summed E-state index contributed by atoms with van der Waals surface area (Å²) >= 11 is 0. The number of rotatable bonds is 4. The topological polar surface area (TPSA) is 63.6 Å². The predicted molar refractivity (Wildman–Crippen MR) is 81.6 cm³/mol. The van der Waals surface area contributed by atoms with Crippen LogP contribution in [0.5, 0.6) is 0 Å². The van der Waals surface area contributed by atoms with Crippen molar-refractivity contribution >= 4 is 11.8 Å². The molecular formula is C17H24O4. The van der Waals surface area contributed by atoms with E-state index in [9.17, 15) is 9.59 Å². The molecule has 0 aromatic rings. The molecule has 0 spiro atoms. The molecule has 1 unspecified atom stereocenters. The summed E-state index contributed by atoms with van der Waals surface area (Å²) in [5.74, 6) is -0.564. The van der Waals surface area contributed by atoms with Crippen LogP contribution in [-0.4, -0.2) is 29.6 Å². The van der Waals surface area contributed by atoms with Gasteiger partial charge in [-0.25, -0.2) is 0 Å².